The second kappa shape index (κ2) is 7.75. The number of aromatic hydroxyl groups is 1. The van der Waals surface area contributed by atoms with Gasteiger partial charge in [-0.2, -0.15) is 0 Å². The summed E-state index contributed by atoms with van der Waals surface area (Å²) in [6, 6.07) is 14.3. The van der Waals surface area contributed by atoms with Crippen LogP contribution in [-0.4, -0.2) is 28.5 Å². The Morgan fingerprint density at radius 3 is 2.64 bits per heavy atom. The molecule has 1 amide bonds. The van der Waals surface area contributed by atoms with Crippen molar-refractivity contribution in [2.75, 3.05) is 11.9 Å². The number of rotatable bonds is 5. The van der Waals surface area contributed by atoms with Crippen molar-refractivity contribution in [3.63, 3.8) is 0 Å². The van der Waals surface area contributed by atoms with Gasteiger partial charge in [0.2, 0.25) is 0 Å². The first-order valence-electron chi connectivity index (χ1n) is 8.29. The Hall–Kier alpha value is -3.94. The Morgan fingerprint density at radius 2 is 1.89 bits per heavy atom. The van der Waals surface area contributed by atoms with Gasteiger partial charge in [-0.1, -0.05) is 36.4 Å². The number of fused-ring (bicyclic) bond motifs is 1. The summed E-state index contributed by atoms with van der Waals surface area (Å²) in [5.41, 5.74) is 0.487. The Kier molecular flexibility index (Phi) is 5.21. The third-order valence-corrected chi connectivity index (χ3v) is 4.14. The SMILES string of the molecule is Cc1ccc(NC(=O)COC(=O)c2ccc3ccccc3c2O)cc1[N+](=O)[O-]. The normalized spacial score (nSPS) is 10.5. The summed E-state index contributed by atoms with van der Waals surface area (Å²) < 4.78 is 4.95. The van der Waals surface area contributed by atoms with Crippen LogP contribution in [0.25, 0.3) is 10.8 Å². The molecule has 8 heteroatoms. The fourth-order valence-electron chi connectivity index (χ4n) is 2.71. The number of nitrogens with one attached hydrogen (secondary N) is 1. The third-order valence-electron chi connectivity index (χ3n) is 4.14. The Balaban J connectivity index is 1.66. The molecule has 0 aliphatic heterocycles. The summed E-state index contributed by atoms with van der Waals surface area (Å²) in [7, 11) is 0. The Morgan fingerprint density at radius 1 is 1.14 bits per heavy atom. The summed E-state index contributed by atoms with van der Waals surface area (Å²) in [6.07, 6.45) is 0. The molecule has 3 aromatic carbocycles. The zero-order chi connectivity index (χ0) is 20.3. The minimum Gasteiger partial charge on any atom is -0.506 e. The van der Waals surface area contributed by atoms with Crippen molar-refractivity contribution in [3.8, 4) is 5.75 Å². The fraction of sp³-hybridized carbons (Fsp3) is 0.100. The highest BCUT2D eigenvalue weighted by Crippen LogP contribution is 2.29. The van der Waals surface area contributed by atoms with E-state index >= 15 is 0 Å². The molecule has 3 aromatic rings. The molecule has 0 bridgehead atoms. The van der Waals surface area contributed by atoms with Crippen molar-refractivity contribution in [2.24, 2.45) is 0 Å². The smallest absolute Gasteiger partial charge is 0.342 e. The maximum atomic E-state index is 12.2. The third kappa shape index (κ3) is 3.90. The highest BCUT2D eigenvalue weighted by molar-refractivity contribution is 6.02. The number of carbonyl (C=O) groups is 2. The van der Waals surface area contributed by atoms with Crippen molar-refractivity contribution in [3.05, 3.63) is 75.8 Å². The Bertz CT molecular complexity index is 1090. The van der Waals surface area contributed by atoms with Crippen LogP contribution < -0.4 is 5.32 Å². The summed E-state index contributed by atoms with van der Waals surface area (Å²) in [5, 5.41) is 24.9. The molecular formula is C20H16N2O6. The lowest BCUT2D eigenvalue weighted by molar-refractivity contribution is -0.385. The van der Waals surface area contributed by atoms with Gasteiger partial charge >= 0.3 is 5.97 Å². The van der Waals surface area contributed by atoms with Crippen molar-refractivity contribution in [2.45, 2.75) is 6.92 Å². The van der Waals surface area contributed by atoms with E-state index in [1.54, 1.807) is 37.3 Å². The van der Waals surface area contributed by atoms with Gasteiger partial charge in [0.05, 0.1) is 4.92 Å². The maximum absolute atomic E-state index is 12.2. The Labute approximate surface area is 159 Å². The lowest BCUT2D eigenvalue weighted by Crippen LogP contribution is -2.21. The second-order valence-corrected chi connectivity index (χ2v) is 6.07. The van der Waals surface area contributed by atoms with Crippen molar-refractivity contribution in [1.29, 1.82) is 0 Å². The first-order chi connectivity index (χ1) is 13.4. The molecule has 8 nitrogen and oxygen atoms in total. The van der Waals surface area contributed by atoms with Gasteiger partial charge in [-0.05, 0) is 24.4 Å². The number of ether oxygens (including phenoxy) is 1. The quantitative estimate of drug-likeness (QED) is 0.397. The van der Waals surface area contributed by atoms with Crippen LogP contribution >= 0.6 is 0 Å². The van der Waals surface area contributed by atoms with Gasteiger partial charge in [0.15, 0.2) is 6.61 Å². The van der Waals surface area contributed by atoms with E-state index in [1.807, 2.05) is 0 Å². The number of anilines is 1. The van der Waals surface area contributed by atoms with Crippen molar-refractivity contribution >= 4 is 34.0 Å². The predicted molar refractivity (Wildman–Crippen MR) is 102 cm³/mol. The molecule has 2 N–H and O–H groups in total. The molecule has 0 heterocycles. The molecule has 0 saturated heterocycles. The van der Waals surface area contributed by atoms with Gasteiger partial charge in [-0.25, -0.2) is 4.79 Å². The highest BCUT2D eigenvalue weighted by atomic mass is 16.6. The van der Waals surface area contributed by atoms with E-state index in [0.717, 1.165) is 5.39 Å². The van der Waals surface area contributed by atoms with Crippen molar-refractivity contribution < 1.29 is 24.4 Å². The van der Waals surface area contributed by atoms with Gasteiger partial charge in [0.1, 0.15) is 11.3 Å². The van der Waals surface area contributed by atoms with Crippen LogP contribution in [0.5, 0.6) is 5.75 Å². The molecule has 0 unspecified atom stereocenters. The predicted octanol–water partition coefficient (Wildman–Crippen LogP) is 3.56. The number of benzene rings is 3. The molecule has 0 aromatic heterocycles. The topological polar surface area (TPSA) is 119 Å². The van der Waals surface area contributed by atoms with Gasteiger partial charge in [-0.15, -0.1) is 0 Å². The van der Waals surface area contributed by atoms with E-state index in [0.29, 0.717) is 10.9 Å². The minimum atomic E-state index is -0.853. The number of phenolic OH excluding ortho intramolecular Hbond substituents is 1. The van der Waals surface area contributed by atoms with Crippen LogP contribution in [-0.2, 0) is 9.53 Å². The lowest BCUT2D eigenvalue weighted by atomic mass is 10.1. The van der Waals surface area contributed by atoms with Crippen LogP contribution in [0.2, 0.25) is 0 Å². The molecule has 0 fully saturated rings. The van der Waals surface area contributed by atoms with E-state index in [4.69, 9.17) is 4.74 Å². The highest BCUT2D eigenvalue weighted by Gasteiger charge is 2.17. The zero-order valence-corrected chi connectivity index (χ0v) is 14.8. The number of hydrogen-bond acceptors (Lipinski definition) is 6. The average molecular weight is 380 g/mol. The molecule has 0 saturated carbocycles. The van der Waals surface area contributed by atoms with Crippen LogP contribution in [0.15, 0.2) is 54.6 Å². The zero-order valence-electron chi connectivity index (χ0n) is 14.8. The standard InChI is InChI=1S/C20H16N2O6/c1-12-6-8-14(10-17(12)22(26)27)21-18(23)11-28-20(25)16-9-7-13-4-2-3-5-15(13)19(16)24/h2-10,24H,11H2,1H3,(H,21,23). The molecule has 0 aliphatic carbocycles. The fourth-order valence-corrected chi connectivity index (χ4v) is 2.71. The second-order valence-electron chi connectivity index (χ2n) is 6.07. The van der Waals surface area contributed by atoms with E-state index in [-0.39, 0.29) is 22.7 Å². The molecule has 0 atom stereocenters. The number of nitrogens with zero attached hydrogens (tertiary/aromatic N) is 1. The summed E-state index contributed by atoms with van der Waals surface area (Å²) in [4.78, 5) is 34.6. The molecule has 28 heavy (non-hydrogen) atoms. The van der Waals surface area contributed by atoms with Crippen LogP contribution in [0, 0.1) is 17.0 Å². The van der Waals surface area contributed by atoms with Gasteiger partial charge < -0.3 is 15.2 Å². The minimum absolute atomic E-state index is 0.0579. The van der Waals surface area contributed by atoms with Gasteiger partial charge in [-0.3, -0.25) is 14.9 Å². The summed E-state index contributed by atoms with van der Waals surface area (Å²) in [6.45, 7) is 0.980. The number of nitro groups is 1. The van der Waals surface area contributed by atoms with Crippen LogP contribution in [0.4, 0.5) is 11.4 Å². The molecule has 0 spiro atoms. The molecule has 0 radical (unpaired) electrons. The molecule has 3 rings (SSSR count). The number of nitro benzene ring substituents is 1. The van der Waals surface area contributed by atoms with E-state index in [9.17, 15) is 24.8 Å². The number of hydrogen-bond donors (Lipinski definition) is 2. The number of aryl methyl sites for hydroxylation is 1. The molecule has 0 aliphatic rings. The van der Waals surface area contributed by atoms with E-state index in [1.165, 1.54) is 24.3 Å². The molecular weight excluding hydrogens is 364 g/mol. The number of carbonyl (C=O) groups excluding carboxylic acids is 2. The van der Waals surface area contributed by atoms with Crippen LogP contribution in [0.1, 0.15) is 15.9 Å². The van der Waals surface area contributed by atoms with Gasteiger partial charge in [0.25, 0.3) is 11.6 Å². The number of phenols is 1. The first-order valence-corrected chi connectivity index (χ1v) is 8.29. The van der Waals surface area contributed by atoms with E-state index < -0.39 is 23.4 Å². The van der Waals surface area contributed by atoms with Gasteiger partial charge in [0, 0.05) is 22.7 Å². The molecule has 142 valence electrons. The number of amides is 1. The monoisotopic (exact) mass is 380 g/mol. The van der Waals surface area contributed by atoms with Crippen LogP contribution in [0.3, 0.4) is 0 Å². The maximum Gasteiger partial charge on any atom is 0.342 e. The average Bonchev–Trinajstić information content (AvgIpc) is 2.68. The largest absolute Gasteiger partial charge is 0.506 e. The number of esters is 1. The van der Waals surface area contributed by atoms with Crippen molar-refractivity contribution in [1.82, 2.24) is 0 Å². The van der Waals surface area contributed by atoms with E-state index in [2.05, 4.69) is 5.32 Å². The first kappa shape index (κ1) is 18.8. The summed E-state index contributed by atoms with van der Waals surface area (Å²) >= 11 is 0. The lowest BCUT2D eigenvalue weighted by Gasteiger charge is -2.09. The summed E-state index contributed by atoms with van der Waals surface area (Å²) in [5.74, 6) is -1.74.